The van der Waals surface area contributed by atoms with E-state index in [1.807, 2.05) is 0 Å². The Labute approximate surface area is 98.2 Å². The fraction of sp³-hybridized carbons (Fsp3) is 0.545. The number of halogens is 3. The molecule has 3 nitrogen and oxygen atoms in total. The van der Waals surface area contributed by atoms with Gasteiger partial charge < -0.3 is 0 Å². The van der Waals surface area contributed by atoms with Crippen LogP contribution in [0.2, 0.25) is 0 Å². The van der Waals surface area contributed by atoms with Gasteiger partial charge in [-0.3, -0.25) is 16.3 Å². The molecular weight excluding hydrogens is 231 g/mol. The van der Waals surface area contributed by atoms with E-state index in [9.17, 15) is 13.2 Å². The van der Waals surface area contributed by atoms with Crippen LogP contribution in [-0.4, -0.2) is 11.2 Å². The molecule has 0 bridgehead atoms. The van der Waals surface area contributed by atoms with Gasteiger partial charge >= 0.3 is 6.18 Å². The van der Waals surface area contributed by atoms with Crippen molar-refractivity contribution in [2.75, 3.05) is 0 Å². The third-order valence-electron chi connectivity index (χ3n) is 2.42. The Morgan fingerprint density at radius 3 is 2.24 bits per heavy atom. The van der Waals surface area contributed by atoms with Gasteiger partial charge in [0, 0.05) is 23.9 Å². The molecule has 1 aromatic heterocycles. The molecule has 1 atom stereocenters. The predicted molar refractivity (Wildman–Crippen MR) is 59.1 cm³/mol. The highest BCUT2D eigenvalue weighted by Crippen LogP contribution is 2.27. The van der Waals surface area contributed by atoms with Crippen LogP contribution in [0.1, 0.15) is 35.8 Å². The van der Waals surface area contributed by atoms with Gasteiger partial charge in [0.1, 0.15) is 0 Å². The van der Waals surface area contributed by atoms with E-state index < -0.39 is 18.6 Å². The summed E-state index contributed by atoms with van der Waals surface area (Å²) in [5, 5.41) is 0. The van der Waals surface area contributed by atoms with Gasteiger partial charge in [0.05, 0.1) is 0 Å². The van der Waals surface area contributed by atoms with Crippen LogP contribution < -0.4 is 11.3 Å². The Bertz CT molecular complexity index is 356. The van der Waals surface area contributed by atoms with Crippen LogP contribution in [0, 0.1) is 13.8 Å². The second-order valence-electron chi connectivity index (χ2n) is 4.06. The smallest absolute Gasteiger partial charge is 0.271 e. The summed E-state index contributed by atoms with van der Waals surface area (Å²) in [5.41, 5.74) is 4.70. The average Bonchev–Trinajstić information content (AvgIpc) is 2.15. The van der Waals surface area contributed by atoms with Gasteiger partial charge in [-0.2, -0.15) is 13.2 Å². The molecule has 0 aliphatic heterocycles. The van der Waals surface area contributed by atoms with Gasteiger partial charge in [0.2, 0.25) is 0 Å². The molecule has 1 rings (SSSR count). The van der Waals surface area contributed by atoms with E-state index in [4.69, 9.17) is 5.84 Å². The monoisotopic (exact) mass is 247 g/mol. The lowest BCUT2D eigenvalue weighted by molar-refractivity contribution is -0.136. The number of pyridine rings is 1. The number of nitrogens with zero attached hydrogens (tertiary/aromatic N) is 1. The van der Waals surface area contributed by atoms with Crippen molar-refractivity contribution in [3.05, 3.63) is 29.1 Å². The van der Waals surface area contributed by atoms with Crippen molar-refractivity contribution in [3.63, 3.8) is 0 Å². The summed E-state index contributed by atoms with van der Waals surface area (Å²) in [6, 6.07) is 2.99. The molecule has 0 aliphatic rings. The zero-order chi connectivity index (χ0) is 13.1. The maximum atomic E-state index is 12.1. The molecule has 1 unspecified atom stereocenters. The van der Waals surface area contributed by atoms with Crippen LogP contribution in [0.15, 0.2) is 12.1 Å². The van der Waals surface area contributed by atoms with E-state index in [-0.39, 0.29) is 6.42 Å². The molecule has 0 aromatic carbocycles. The number of aromatic nitrogens is 1. The molecule has 3 N–H and O–H groups in total. The third-order valence-corrected chi connectivity index (χ3v) is 2.42. The molecule has 0 amide bonds. The first-order valence-corrected chi connectivity index (χ1v) is 5.30. The van der Waals surface area contributed by atoms with E-state index in [2.05, 4.69) is 10.4 Å². The van der Waals surface area contributed by atoms with Crippen LogP contribution in [0.4, 0.5) is 13.2 Å². The van der Waals surface area contributed by atoms with Gasteiger partial charge in [-0.05, 0) is 38.0 Å². The molecular formula is C11H16F3N3. The minimum absolute atomic E-state index is 0.0805. The molecule has 0 saturated carbocycles. The number of rotatable bonds is 4. The maximum absolute atomic E-state index is 12.1. The number of nitrogens with one attached hydrogen (secondary N) is 1. The maximum Gasteiger partial charge on any atom is 0.389 e. The Morgan fingerprint density at radius 1 is 1.29 bits per heavy atom. The normalized spacial score (nSPS) is 13.8. The number of aryl methyl sites for hydroxylation is 2. The zero-order valence-corrected chi connectivity index (χ0v) is 9.80. The fourth-order valence-corrected chi connectivity index (χ4v) is 1.72. The second-order valence-corrected chi connectivity index (χ2v) is 4.06. The molecule has 6 heteroatoms. The molecule has 0 aliphatic carbocycles. The van der Waals surface area contributed by atoms with Gasteiger partial charge in [-0.25, -0.2) is 0 Å². The quantitative estimate of drug-likeness (QED) is 0.635. The topological polar surface area (TPSA) is 50.9 Å². The second kappa shape index (κ2) is 5.46. The minimum Gasteiger partial charge on any atom is -0.271 e. The van der Waals surface area contributed by atoms with Gasteiger partial charge in [-0.15, -0.1) is 0 Å². The highest BCUT2D eigenvalue weighted by molar-refractivity contribution is 5.23. The zero-order valence-electron chi connectivity index (χ0n) is 9.80. The lowest BCUT2D eigenvalue weighted by Crippen LogP contribution is -2.29. The number of hydrazine groups is 1. The highest BCUT2D eigenvalue weighted by Gasteiger charge is 2.28. The van der Waals surface area contributed by atoms with Crippen LogP contribution in [-0.2, 0) is 0 Å². The molecule has 0 fully saturated rings. The number of hydrogen-bond acceptors (Lipinski definition) is 3. The third kappa shape index (κ3) is 4.70. The number of nitrogens with two attached hydrogens (primary N) is 1. The molecule has 17 heavy (non-hydrogen) atoms. The summed E-state index contributed by atoms with van der Waals surface area (Å²) < 4.78 is 36.4. The SMILES string of the molecule is Cc1cc(C(CCC(F)(F)F)NN)cc(C)n1. The fourth-order valence-electron chi connectivity index (χ4n) is 1.72. The van der Waals surface area contributed by atoms with E-state index in [1.165, 1.54) is 0 Å². The Hall–Kier alpha value is -1.14. The van der Waals surface area contributed by atoms with E-state index in [0.717, 1.165) is 17.0 Å². The predicted octanol–water partition coefficient (Wildman–Crippen LogP) is 2.55. The van der Waals surface area contributed by atoms with Crippen molar-refractivity contribution in [2.45, 2.75) is 38.9 Å². The summed E-state index contributed by atoms with van der Waals surface area (Å²) in [7, 11) is 0. The molecule has 1 aromatic rings. The van der Waals surface area contributed by atoms with Gasteiger partial charge in [0.25, 0.3) is 0 Å². The minimum atomic E-state index is -4.16. The Morgan fingerprint density at radius 2 is 1.82 bits per heavy atom. The largest absolute Gasteiger partial charge is 0.389 e. The van der Waals surface area contributed by atoms with E-state index in [1.54, 1.807) is 26.0 Å². The van der Waals surface area contributed by atoms with Crippen molar-refractivity contribution < 1.29 is 13.2 Å². The summed E-state index contributed by atoms with van der Waals surface area (Å²) in [5.74, 6) is 5.30. The Balaban J connectivity index is 2.79. The van der Waals surface area contributed by atoms with Gasteiger partial charge in [0.15, 0.2) is 0 Å². The molecule has 1 heterocycles. The summed E-state index contributed by atoms with van der Waals surface area (Å²) in [6.07, 6.45) is -5.10. The van der Waals surface area contributed by atoms with Crippen LogP contribution in [0.25, 0.3) is 0 Å². The first kappa shape index (κ1) is 13.9. The standard InChI is InChI=1S/C11H16F3N3/c1-7-5-9(6-8(2)16-7)10(17-15)3-4-11(12,13)14/h5-6,10,17H,3-4,15H2,1-2H3. The number of hydrogen-bond donors (Lipinski definition) is 2. The van der Waals surface area contributed by atoms with Crippen molar-refractivity contribution >= 4 is 0 Å². The summed E-state index contributed by atoms with van der Waals surface area (Å²) in [4.78, 5) is 4.17. The molecule has 0 radical (unpaired) electrons. The van der Waals surface area contributed by atoms with Crippen LogP contribution in [0.5, 0.6) is 0 Å². The highest BCUT2D eigenvalue weighted by atomic mass is 19.4. The first-order chi connectivity index (χ1) is 7.81. The summed E-state index contributed by atoms with van der Waals surface area (Å²) >= 11 is 0. The van der Waals surface area contributed by atoms with Crippen molar-refractivity contribution in [3.8, 4) is 0 Å². The van der Waals surface area contributed by atoms with E-state index in [0.29, 0.717) is 0 Å². The van der Waals surface area contributed by atoms with Crippen molar-refractivity contribution in [1.29, 1.82) is 0 Å². The number of alkyl halides is 3. The molecule has 0 spiro atoms. The Kier molecular flexibility index (Phi) is 4.47. The first-order valence-electron chi connectivity index (χ1n) is 5.30. The average molecular weight is 247 g/mol. The van der Waals surface area contributed by atoms with Crippen molar-refractivity contribution in [1.82, 2.24) is 10.4 Å². The van der Waals surface area contributed by atoms with Crippen LogP contribution in [0.3, 0.4) is 0 Å². The summed E-state index contributed by atoms with van der Waals surface area (Å²) in [6.45, 7) is 3.60. The lowest BCUT2D eigenvalue weighted by Gasteiger charge is -2.18. The van der Waals surface area contributed by atoms with Crippen LogP contribution >= 0.6 is 0 Å². The van der Waals surface area contributed by atoms with Crippen molar-refractivity contribution in [2.24, 2.45) is 5.84 Å². The molecule has 96 valence electrons. The van der Waals surface area contributed by atoms with E-state index >= 15 is 0 Å². The molecule has 0 saturated heterocycles. The lowest BCUT2D eigenvalue weighted by atomic mass is 10.0. The van der Waals surface area contributed by atoms with Gasteiger partial charge in [-0.1, -0.05) is 0 Å².